The van der Waals surface area contributed by atoms with Crippen LogP contribution in [-0.4, -0.2) is 117 Å². The molecule has 0 aliphatic carbocycles. The fraction of sp³-hybridized carbons (Fsp3) is 1.00. The molecule has 32 heavy (non-hydrogen) atoms. The Bertz CT molecular complexity index is 720. The SMILES string of the molecule is CP(=O)(O)ON(CCN(CCN(CP(=O)(O)O)CP(=O)(O)O)CP(=O)(O)O)CP(=O)(O)O. The van der Waals surface area contributed by atoms with Crippen LogP contribution in [0.25, 0.3) is 0 Å². The van der Waals surface area contributed by atoms with E-state index in [1.165, 1.54) is 0 Å². The average Bonchev–Trinajstić information content (AvgIpc) is 2.41. The van der Waals surface area contributed by atoms with Gasteiger partial charge in [-0.3, -0.25) is 32.6 Å². The Morgan fingerprint density at radius 2 is 0.844 bits per heavy atom. The highest BCUT2D eigenvalue weighted by atomic mass is 31.2. The first-order valence-corrected chi connectivity index (χ1v) is 17.5. The van der Waals surface area contributed by atoms with E-state index in [4.69, 9.17) is 29.4 Å². The second kappa shape index (κ2) is 12.5. The van der Waals surface area contributed by atoms with E-state index >= 15 is 0 Å². The lowest BCUT2D eigenvalue weighted by Crippen LogP contribution is -2.40. The van der Waals surface area contributed by atoms with Crippen molar-refractivity contribution in [1.82, 2.24) is 14.9 Å². The predicted octanol–water partition coefficient (Wildman–Crippen LogP) is -1.82. The van der Waals surface area contributed by atoms with Gasteiger partial charge >= 0.3 is 38.0 Å². The van der Waals surface area contributed by atoms with Gasteiger partial charge in [-0.25, -0.2) is 4.62 Å². The van der Waals surface area contributed by atoms with Gasteiger partial charge in [0.25, 0.3) is 0 Å². The molecule has 0 aromatic rings. The van der Waals surface area contributed by atoms with Crippen molar-refractivity contribution in [2.24, 2.45) is 0 Å². The number of hydrogen-bond donors (Lipinski definition) is 9. The normalized spacial score (nSPS) is 16.2. The van der Waals surface area contributed by atoms with Gasteiger partial charge in [0.15, 0.2) is 0 Å². The van der Waals surface area contributed by atoms with Crippen molar-refractivity contribution in [3.63, 3.8) is 0 Å². The Balaban J connectivity index is 5.41. The van der Waals surface area contributed by atoms with Crippen molar-refractivity contribution in [2.75, 3.05) is 58.0 Å². The molecular formula is C9H28N3O15P5. The molecule has 18 nitrogen and oxygen atoms in total. The summed E-state index contributed by atoms with van der Waals surface area (Å²) in [6.45, 7) is -1.11. The lowest BCUT2D eigenvalue weighted by molar-refractivity contribution is -0.0571. The summed E-state index contributed by atoms with van der Waals surface area (Å²) in [6.07, 6.45) is -4.19. The van der Waals surface area contributed by atoms with Crippen LogP contribution in [0.3, 0.4) is 0 Å². The van der Waals surface area contributed by atoms with Crippen LogP contribution in [0.4, 0.5) is 0 Å². The maximum absolute atomic E-state index is 11.4. The maximum Gasteiger partial charge on any atom is 0.341 e. The van der Waals surface area contributed by atoms with E-state index in [2.05, 4.69) is 4.62 Å². The van der Waals surface area contributed by atoms with Crippen LogP contribution >= 0.6 is 38.0 Å². The van der Waals surface area contributed by atoms with Gasteiger partial charge in [-0.05, 0) is 0 Å². The van der Waals surface area contributed by atoms with Gasteiger partial charge in [-0.1, -0.05) is 0 Å². The van der Waals surface area contributed by atoms with Crippen molar-refractivity contribution in [2.45, 2.75) is 0 Å². The summed E-state index contributed by atoms with van der Waals surface area (Å²) in [5.41, 5.74) is 0. The van der Waals surface area contributed by atoms with Gasteiger partial charge < -0.3 is 44.0 Å². The number of hydroxylamine groups is 2. The summed E-state index contributed by atoms with van der Waals surface area (Å²) < 4.78 is 60.9. The molecule has 1 atom stereocenters. The third kappa shape index (κ3) is 21.2. The van der Waals surface area contributed by atoms with Gasteiger partial charge in [0.05, 0.1) is 0 Å². The van der Waals surface area contributed by atoms with Crippen LogP contribution in [0, 0.1) is 0 Å². The first-order valence-electron chi connectivity index (χ1n) is 8.32. The molecule has 0 rings (SSSR count). The lowest BCUT2D eigenvalue weighted by Gasteiger charge is -2.30. The molecule has 23 heteroatoms. The fourth-order valence-electron chi connectivity index (χ4n) is 2.31. The van der Waals surface area contributed by atoms with Gasteiger partial charge in [0.2, 0.25) is 0 Å². The fourth-order valence-corrected chi connectivity index (χ4v) is 6.07. The highest BCUT2D eigenvalue weighted by molar-refractivity contribution is 7.53. The number of hydrogen-bond acceptors (Lipinski definition) is 9. The minimum Gasteiger partial charge on any atom is -0.324 e. The quantitative estimate of drug-likeness (QED) is 0.0725. The second-order valence-electron chi connectivity index (χ2n) is 6.83. The first-order chi connectivity index (χ1) is 13.9. The molecule has 0 heterocycles. The molecule has 0 saturated heterocycles. The molecule has 9 N–H and O–H groups in total. The van der Waals surface area contributed by atoms with E-state index in [0.29, 0.717) is 9.96 Å². The van der Waals surface area contributed by atoms with Crippen LogP contribution < -0.4 is 0 Å². The summed E-state index contributed by atoms with van der Waals surface area (Å²) >= 11 is 0. The van der Waals surface area contributed by atoms with Crippen molar-refractivity contribution in [3.8, 4) is 0 Å². The molecule has 194 valence electrons. The standard InChI is InChI=1S/C9H28N3O15P5/c1-28(13,14)27-12(9-32(24,25)26)5-4-10(6-29(15,16)17)2-3-11(7-30(18,19)20)8-31(21,22)23/h2-9H2,1H3,(H,13,14)(H2,15,16,17)(H2,18,19,20)(H2,21,22,23)(H2,24,25,26). The highest BCUT2D eigenvalue weighted by Crippen LogP contribution is 2.43. The summed E-state index contributed by atoms with van der Waals surface area (Å²) in [4.78, 5) is 83.7. The third-order valence-corrected chi connectivity index (χ3v) is 6.68. The van der Waals surface area contributed by atoms with Crippen LogP contribution in [0.2, 0.25) is 0 Å². The zero-order valence-electron chi connectivity index (χ0n) is 16.7. The van der Waals surface area contributed by atoms with E-state index in [0.717, 1.165) is 11.6 Å². The van der Waals surface area contributed by atoms with Crippen molar-refractivity contribution < 1.29 is 71.5 Å². The van der Waals surface area contributed by atoms with Gasteiger partial charge in [-0.2, -0.15) is 5.06 Å². The summed E-state index contributed by atoms with van der Waals surface area (Å²) in [6, 6.07) is 0. The van der Waals surface area contributed by atoms with E-state index in [1.807, 2.05) is 0 Å². The Hall–Kier alpha value is 0.630. The first kappa shape index (κ1) is 32.6. The number of nitrogens with zero attached hydrogens (tertiary/aromatic N) is 3. The van der Waals surface area contributed by atoms with E-state index in [9.17, 15) is 37.5 Å². The predicted molar refractivity (Wildman–Crippen MR) is 109 cm³/mol. The molecule has 0 bridgehead atoms. The zero-order valence-corrected chi connectivity index (χ0v) is 21.2. The molecule has 0 aliphatic heterocycles. The smallest absolute Gasteiger partial charge is 0.324 e. The lowest BCUT2D eigenvalue weighted by atomic mass is 10.5. The molecule has 0 radical (unpaired) electrons. The Labute approximate surface area is 182 Å². The minimum absolute atomic E-state index is 0.405. The van der Waals surface area contributed by atoms with Crippen LogP contribution in [0.15, 0.2) is 0 Å². The molecule has 0 fully saturated rings. The van der Waals surface area contributed by atoms with E-state index < -0.39 is 89.3 Å². The van der Waals surface area contributed by atoms with E-state index in [-0.39, 0.29) is 0 Å². The summed E-state index contributed by atoms with van der Waals surface area (Å²) in [7, 11) is -23.3. The maximum atomic E-state index is 11.4. The second-order valence-corrected chi connectivity index (χ2v) is 15.0. The van der Waals surface area contributed by atoms with Crippen LogP contribution in [-0.2, 0) is 27.4 Å². The van der Waals surface area contributed by atoms with Crippen molar-refractivity contribution >= 4 is 38.0 Å². The van der Waals surface area contributed by atoms with Gasteiger partial charge in [0, 0.05) is 32.8 Å². The topological polar surface area (TPSA) is 286 Å². The third-order valence-electron chi connectivity index (χ3n) is 3.16. The monoisotopic (exact) mass is 573 g/mol. The molecule has 0 aliphatic rings. The Morgan fingerprint density at radius 3 is 1.19 bits per heavy atom. The van der Waals surface area contributed by atoms with Crippen molar-refractivity contribution in [1.29, 1.82) is 0 Å². The molecule has 0 aromatic heterocycles. The van der Waals surface area contributed by atoms with Crippen LogP contribution in [0.5, 0.6) is 0 Å². The molecule has 1 unspecified atom stereocenters. The molecule has 0 spiro atoms. The largest absolute Gasteiger partial charge is 0.341 e. The average molecular weight is 573 g/mol. The molecule has 0 aromatic carbocycles. The van der Waals surface area contributed by atoms with Gasteiger partial charge in [-0.15, -0.1) is 0 Å². The summed E-state index contributed by atoms with van der Waals surface area (Å²) in [5, 5.41) is 0.428. The molecular weight excluding hydrogens is 545 g/mol. The molecule has 0 saturated carbocycles. The van der Waals surface area contributed by atoms with Crippen molar-refractivity contribution in [3.05, 3.63) is 0 Å². The Morgan fingerprint density at radius 1 is 0.531 bits per heavy atom. The van der Waals surface area contributed by atoms with Crippen LogP contribution in [0.1, 0.15) is 0 Å². The summed E-state index contributed by atoms with van der Waals surface area (Å²) in [5.74, 6) is 0. The zero-order chi connectivity index (χ0) is 25.6. The minimum atomic E-state index is -4.77. The number of rotatable bonds is 16. The highest BCUT2D eigenvalue weighted by Gasteiger charge is 2.29. The van der Waals surface area contributed by atoms with Gasteiger partial charge in [0.1, 0.15) is 25.1 Å². The molecule has 0 amide bonds. The van der Waals surface area contributed by atoms with E-state index in [1.54, 1.807) is 0 Å². The Kier molecular flexibility index (Phi) is 12.8.